The van der Waals surface area contributed by atoms with Gasteiger partial charge in [0.15, 0.2) is 0 Å². The van der Waals surface area contributed by atoms with E-state index in [0.717, 1.165) is 16.7 Å². The van der Waals surface area contributed by atoms with Crippen LogP contribution in [-0.4, -0.2) is 57.1 Å². The van der Waals surface area contributed by atoms with Crippen molar-refractivity contribution in [1.82, 2.24) is 10.2 Å². The van der Waals surface area contributed by atoms with Gasteiger partial charge in [-0.05, 0) is 81.5 Å². The summed E-state index contributed by atoms with van der Waals surface area (Å²) in [6, 6.07) is 12.2. The van der Waals surface area contributed by atoms with Crippen LogP contribution >= 0.6 is 0 Å². The fourth-order valence-corrected chi connectivity index (χ4v) is 5.11. The summed E-state index contributed by atoms with van der Waals surface area (Å²) in [4.78, 5) is 28.1. The van der Waals surface area contributed by atoms with Crippen LogP contribution in [0.5, 0.6) is 5.75 Å². The zero-order chi connectivity index (χ0) is 27.8. The number of benzene rings is 2. The lowest BCUT2D eigenvalue weighted by molar-refractivity contribution is -0.141. The minimum absolute atomic E-state index is 0.0587. The van der Waals surface area contributed by atoms with E-state index in [0.29, 0.717) is 24.3 Å². The summed E-state index contributed by atoms with van der Waals surface area (Å²) in [6.07, 6.45) is 2.04. The molecule has 2 aromatic rings. The SMILES string of the molecule is CC[C@@H](C(=O)NC(C)C)N(Cc1cccc(OC)c1)C(=O)CCCN(c1ccc(C)c(C)c1)S(C)(=O)=O. The highest BCUT2D eigenvalue weighted by Crippen LogP contribution is 2.23. The van der Waals surface area contributed by atoms with E-state index in [1.165, 1.54) is 10.6 Å². The first-order valence-corrected chi connectivity index (χ1v) is 14.5. The van der Waals surface area contributed by atoms with Crippen molar-refractivity contribution in [3.63, 3.8) is 0 Å². The van der Waals surface area contributed by atoms with Crippen LogP contribution in [0.1, 0.15) is 56.7 Å². The van der Waals surface area contributed by atoms with Crippen LogP contribution in [0.4, 0.5) is 5.69 Å². The van der Waals surface area contributed by atoms with E-state index >= 15 is 0 Å². The van der Waals surface area contributed by atoms with E-state index in [2.05, 4.69) is 5.32 Å². The van der Waals surface area contributed by atoms with Gasteiger partial charge in [0.25, 0.3) is 0 Å². The second kappa shape index (κ2) is 13.5. The number of nitrogens with zero attached hydrogens (tertiary/aromatic N) is 2. The van der Waals surface area contributed by atoms with Crippen LogP contribution in [0, 0.1) is 13.8 Å². The smallest absolute Gasteiger partial charge is 0.243 e. The number of carbonyl (C=O) groups is 2. The number of ether oxygens (including phenoxy) is 1. The number of hydrogen-bond acceptors (Lipinski definition) is 5. The topological polar surface area (TPSA) is 96.0 Å². The van der Waals surface area contributed by atoms with Gasteiger partial charge in [-0.25, -0.2) is 8.42 Å². The van der Waals surface area contributed by atoms with Crippen molar-refractivity contribution < 1.29 is 22.7 Å². The maximum Gasteiger partial charge on any atom is 0.243 e. The van der Waals surface area contributed by atoms with E-state index in [9.17, 15) is 18.0 Å². The van der Waals surface area contributed by atoms with Gasteiger partial charge in [-0.1, -0.05) is 25.1 Å². The number of sulfonamides is 1. The van der Waals surface area contributed by atoms with Crippen LogP contribution in [0.3, 0.4) is 0 Å². The highest BCUT2D eigenvalue weighted by atomic mass is 32.2. The Morgan fingerprint density at radius 1 is 1.05 bits per heavy atom. The molecule has 0 saturated carbocycles. The first-order valence-electron chi connectivity index (χ1n) is 12.6. The molecule has 0 bridgehead atoms. The van der Waals surface area contributed by atoms with Crippen molar-refractivity contribution >= 4 is 27.5 Å². The molecular weight excluding hydrogens is 490 g/mol. The molecule has 1 N–H and O–H groups in total. The molecular formula is C28H41N3O5S. The first-order chi connectivity index (χ1) is 17.4. The van der Waals surface area contributed by atoms with Gasteiger partial charge in [-0.2, -0.15) is 0 Å². The normalized spacial score (nSPS) is 12.2. The van der Waals surface area contributed by atoms with Crippen molar-refractivity contribution in [1.29, 1.82) is 0 Å². The molecule has 0 aliphatic carbocycles. The van der Waals surface area contributed by atoms with Crippen LogP contribution in [-0.2, 0) is 26.2 Å². The van der Waals surface area contributed by atoms with E-state index in [4.69, 9.17) is 4.74 Å². The van der Waals surface area contributed by atoms with Gasteiger partial charge in [0, 0.05) is 25.6 Å². The van der Waals surface area contributed by atoms with Gasteiger partial charge in [0.05, 0.1) is 19.1 Å². The number of hydrogen-bond donors (Lipinski definition) is 1. The number of aryl methyl sites for hydroxylation is 2. The second-order valence-electron chi connectivity index (χ2n) is 9.67. The largest absolute Gasteiger partial charge is 0.497 e. The van der Waals surface area contributed by atoms with Gasteiger partial charge >= 0.3 is 0 Å². The molecule has 0 aromatic heterocycles. The zero-order valence-corrected chi connectivity index (χ0v) is 23.9. The Morgan fingerprint density at radius 2 is 1.76 bits per heavy atom. The summed E-state index contributed by atoms with van der Waals surface area (Å²) in [6.45, 7) is 9.95. The molecule has 2 aromatic carbocycles. The Morgan fingerprint density at radius 3 is 2.32 bits per heavy atom. The Kier molecular flexibility index (Phi) is 11.0. The predicted molar refractivity (Wildman–Crippen MR) is 148 cm³/mol. The number of nitrogens with one attached hydrogen (secondary N) is 1. The molecule has 2 rings (SSSR count). The number of anilines is 1. The number of amides is 2. The molecule has 0 radical (unpaired) electrons. The molecule has 0 heterocycles. The van der Waals surface area contributed by atoms with E-state index in [1.807, 2.05) is 71.0 Å². The summed E-state index contributed by atoms with van der Waals surface area (Å²) < 4.78 is 31.8. The van der Waals surface area contributed by atoms with E-state index in [-0.39, 0.29) is 37.4 Å². The van der Waals surface area contributed by atoms with Crippen LogP contribution in [0.15, 0.2) is 42.5 Å². The summed E-state index contributed by atoms with van der Waals surface area (Å²) in [5.41, 5.74) is 3.49. The zero-order valence-electron chi connectivity index (χ0n) is 23.1. The third-order valence-corrected chi connectivity index (χ3v) is 7.43. The molecule has 9 heteroatoms. The van der Waals surface area contributed by atoms with Gasteiger partial charge in [0.1, 0.15) is 11.8 Å². The van der Waals surface area contributed by atoms with Gasteiger partial charge in [-0.15, -0.1) is 0 Å². The van der Waals surface area contributed by atoms with E-state index in [1.54, 1.807) is 18.1 Å². The highest BCUT2D eigenvalue weighted by molar-refractivity contribution is 7.92. The summed E-state index contributed by atoms with van der Waals surface area (Å²) in [5, 5.41) is 2.92. The fourth-order valence-electron chi connectivity index (χ4n) is 4.15. The third kappa shape index (κ3) is 8.77. The van der Waals surface area contributed by atoms with Crippen LogP contribution in [0.2, 0.25) is 0 Å². The Balaban J connectivity index is 2.25. The Bertz CT molecular complexity index is 1180. The Hall–Kier alpha value is -3.07. The molecule has 8 nitrogen and oxygen atoms in total. The van der Waals surface area contributed by atoms with Gasteiger partial charge in [0.2, 0.25) is 21.8 Å². The van der Waals surface area contributed by atoms with Crippen molar-refractivity contribution in [3.8, 4) is 5.75 Å². The number of rotatable bonds is 13. The summed E-state index contributed by atoms with van der Waals surface area (Å²) in [5.74, 6) is 0.255. The molecule has 0 aliphatic heterocycles. The molecule has 1 atom stereocenters. The monoisotopic (exact) mass is 531 g/mol. The average molecular weight is 532 g/mol. The van der Waals surface area contributed by atoms with Crippen LogP contribution < -0.4 is 14.4 Å². The molecule has 204 valence electrons. The quantitative estimate of drug-likeness (QED) is 0.418. The molecule has 0 aliphatic rings. The second-order valence-corrected chi connectivity index (χ2v) is 11.6. The van der Waals surface area contributed by atoms with Crippen molar-refractivity contribution in [2.45, 2.75) is 72.5 Å². The summed E-state index contributed by atoms with van der Waals surface area (Å²) >= 11 is 0. The maximum atomic E-state index is 13.5. The fraction of sp³-hybridized carbons (Fsp3) is 0.500. The van der Waals surface area contributed by atoms with Crippen LogP contribution in [0.25, 0.3) is 0 Å². The van der Waals surface area contributed by atoms with Gasteiger partial charge < -0.3 is 15.0 Å². The summed E-state index contributed by atoms with van der Waals surface area (Å²) in [7, 11) is -1.96. The lowest BCUT2D eigenvalue weighted by Crippen LogP contribution is -2.50. The number of methoxy groups -OCH3 is 1. The predicted octanol–water partition coefficient (Wildman–Crippen LogP) is 4.19. The minimum Gasteiger partial charge on any atom is -0.497 e. The molecule has 0 spiro atoms. The molecule has 0 unspecified atom stereocenters. The first kappa shape index (κ1) is 30.2. The molecule has 0 saturated heterocycles. The van der Waals surface area contributed by atoms with E-state index < -0.39 is 16.1 Å². The molecule has 2 amide bonds. The lowest BCUT2D eigenvalue weighted by atomic mass is 10.1. The van der Waals surface area contributed by atoms with Crippen molar-refractivity contribution in [3.05, 3.63) is 59.2 Å². The average Bonchev–Trinajstić information content (AvgIpc) is 2.82. The maximum absolute atomic E-state index is 13.5. The standard InChI is InChI=1S/C28H41N3O5S/c1-8-26(28(33)29-20(2)3)30(19-23-11-9-12-25(18-23)36-6)27(32)13-10-16-31(37(7,34)35)24-15-14-21(4)22(5)17-24/h9,11-12,14-15,17-18,20,26H,8,10,13,16,19H2,1-7H3,(H,29,33)/t26-/m0/s1. The third-order valence-electron chi connectivity index (χ3n) is 6.23. The highest BCUT2D eigenvalue weighted by Gasteiger charge is 2.29. The Labute approximate surface area is 222 Å². The van der Waals surface area contributed by atoms with Crippen molar-refractivity contribution in [2.75, 3.05) is 24.2 Å². The van der Waals surface area contributed by atoms with Gasteiger partial charge in [-0.3, -0.25) is 13.9 Å². The van der Waals surface area contributed by atoms with Crippen molar-refractivity contribution in [2.24, 2.45) is 0 Å². The lowest BCUT2D eigenvalue weighted by Gasteiger charge is -2.31. The molecule has 37 heavy (non-hydrogen) atoms. The minimum atomic E-state index is -3.54. The number of carbonyl (C=O) groups excluding carboxylic acids is 2. The molecule has 0 fully saturated rings.